The first kappa shape index (κ1) is 18.6. The van der Waals surface area contributed by atoms with Gasteiger partial charge in [-0.2, -0.15) is 0 Å². The SMILES string of the molecule is CCn1ccnc1CN(C)C(=O)[C@@H](c1ccc(F)cc1)N1CCCCC1. The van der Waals surface area contributed by atoms with E-state index in [1.54, 1.807) is 23.2 Å². The molecule has 2 heterocycles. The summed E-state index contributed by atoms with van der Waals surface area (Å²) < 4.78 is 15.4. The monoisotopic (exact) mass is 358 g/mol. The van der Waals surface area contributed by atoms with Crippen LogP contribution in [-0.4, -0.2) is 45.4 Å². The minimum Gasteiger partial charge on any atom is -0.337 e. The molecule has 1 aromatic heterocycles. The molecule has 1 fully saturated rings. The Morgan fingerprint density at radius 3 is 2.58 bits per heavy atom. The quantitative estimate of drug-likeness (QED) is 0.796. The van der Waals surface area contributed by atoms with Crippen molar-refractivity contribution in [3.63, 3.8) is 0 Å². The molecule has 1 atom stereocenters. The van der Waals surface area contributed by atoms with Crippen molar-refractivity contribution in [2.24, 2.45) is 0 Å². The third-order valence-electron chi connectivity index (χ3n) is 5.07. The smallest absolute Gasteiger partial charge is 0.244 e. The summed E-state index contributed by atoms with van der Waals surface area (Å²) in [6.07, 6.45) is 7.07. The molecule has 0 radical (unpaired) electrons. The fraction of sp³-hybridized carbons (Fsp3) is 0.500. The molecule has 1 aromatic carbocycles. The van der Waals surface area contributed by atoms with Crippen LogP contribution in [0.2, 0.25) is 0 Å². The number of likely N-dealkylation sites (N-methyl/N-ethyl adjacent to an activating group) is 1. The molecule has 5 nitrogen and oxygen atoms in total. The Hall–Kier alpha value is -2.21. The highest BCUT2D eigenvalue weighted by Crippen LogP contribution is 2.27. The summed E-state index contributed by atoms with van der Waals surface area (Å²) >= 11 is 0. The van der Waals surface area contributed by atoms with Crippen molar-refractivity contribution < 1.29 is 9.18 Å². The number of aryl methyl sites for hydroxylation is 1. The standard InChI is InChI=1S/C20H27FN4O/c1-3-24-14-11-22-18(24)15-23(2)20(26)19(25-12-5-4-6-13-25)16-7-9-17(21)10-8-16/h7-11,14,19H,3-6,12-13,15H2,1-2H3/t19-/m1/s1. The van der Waals surface area contributed by atoms with E-state index >= 15 is 0 Å². The van der Waals surface area contributed by atoms with Gasteiger partial charge in [-0.25, -0.2) is 9.37 Å². The molecule has 0 bridgehead atoms. The molecule has 0 N–H and O–H groups in total. The summed E-state index contributed by atoms with van der Waals surface area (Å²) in [6.45, 7) is 5.13. The predicted molar refractivity (Wildman–Crippen MR) is 98.9 cm³/mol. The van der Waals surface area contributed by atoms with Crippen LogP contribution in [0.25, 0.3) is 0 Å². The normalized spacial score (nSPS) is 16.4. The van der Waals surface area contributed by atoms with Crippen LogP contribution in [0.4, 0.5) is 4.39 Å². The van der Waals surface area contributed by atoms with Gasteiger partial charge in [-0.1, -0.05) is 18.6 Å². The van der Waals surface area contributed by atoms with Crippen LogP contribution in [-0.2, 0) is 17.9 Å². The first-order valence-electron chi connectivity index (χ1n) is 9.34. The minimum absolute atomic E-state index is 0.0316. The first-order chi connectivity index (χ1) is 12.6. The fourth-order valence-electron chi connectivity index (χ4n) is 3.61. The van der Waals surface area contributed by atoms with Crippen molar-refractivity contribution in [2.75, 3.05) is 20.1 Å². The van der Waals surface area contributed by atoms with Gasteiger partial charge in [-0.3, -0.25) is 9.69 Å². The van der Waals surface area contributed by atoms with Gasteiger partial charge in [0, 0.05) is 26.0 Å². The van der Waals surface area contributed by atoms with Gasteiger partial charge >= 0.3 is 0 Å². The van der Waals surface area contributed by atoms with Crippen molar-refractivity contribution >= 4 is 5.91 Å². The summed E-state index contributed by atoms with van der Waals surface area (Å²) in [5.41, 5.74) is 0.851. The van der Waals surface area contributed by atoms with Gasteiger partial charge in [0.15, 0.2) is 0 Å². The van der Waals surface area contributed by atoms with Gasteiger partial charge in [0.2, 0.25) is 5.91 Å². The van der Waals surface area contributed by atoms with Crippen molar-refractivity contribution in [3.8, 4) is 0 Å². The topological polar surface area (TPSA) is 41.4 Å². The zero-order valence-electron chi connectivity index (χ0n) is 15.6. The number of rotatable bonds is 6. The van der Waals surface area contributed by atoms with Crippen LogP contribution >= 0.6 is 0 Å². The van der Waals surface area contributed by atoms with E-state index < -0.39 is 0 Å². The molecule has 26 heavy (non-hydrogen) atoms. The number of hydrogen-bond donors (Lipinski definition) is 0. The number of hydrogen-bond acceptors (Lipinski definition) is 3. The van der Waals surface area contributed by atoms with E-state index in [-0.39, 0.29) is 17.8 Å². The van der Waals surface area contributed by atoms with Crippen LogP contribution < -0.4 is 0 Å². The fourth-order valence-corrected chi connectivity index (χ4v) is 3.61. The molecule has 6 heteroatoms. The lowest BCUT2D eigenvalue weighted by molar-refractivity contribution is -0.137. The van der Waals surface area contributed by atoms with Crippen LogP contribution in [0, 0.1) is 5.82 Å². The summed E-state index contributed by atoms with van der Waals surface area (Å²) in [5, 5.41) is 0. The molecule has 1 aliphatic rings. The summed E-state index contributed by atoms with van der Waals surface area (Å²) in [4.78, 5) is 21.6. The van der Waals surface area contributed by atoms with E-state index in [1.807, 2.05) is 17.8 Å². The van der Waals surface area contributed by atoms with E-state index in [4.69, 9.17) is 0 Å². The van der Waals surface area contributed by atoms with Gasteiger partial charge in [-0.05, 0) is 50.6 Å². The van der Waals surface area contributed by atoms with E-state index in [2.05, 4.69) is 16.8 Å². The summed E-state index contributed by atoms with van der Waals surface area (Å²) in [5.74, 6) is 0.626. The van der Waals surface area contributed by atoms with Crippen molar-refractivity contribution in [3.05, 3.63) is 53.9 Å². The van der Waals surface area contributed by atoms with E-state index in [1.165, 1.54) is 18.6 Å². The number of carbonyl (C=O) groups is 1. The Balaban J connectivity index is 1.82. The van der Waals surface area contributed by atoms with Gasteiger partial charge < -0.3 is 9.47 Å². The number of benzene rings is 1. The number of likely N-dealkylation sites (tertiary alicyclic amines) is 1. The number of nitrogens with zero attached hydrogens (tertiary/aromatic N) is 4. The lowest BCUT2D eigenvalue weighted by Crippen LogP contribution is -2.43. The first-order valence-corrected chi connectivity index (χ1v) is 9.34. The highest BCUT2D eigenvalue weighted by Gasteiger charge is 2.31. The lowest BCUT2D eigenvalue weighted by atomic mass is 10.0. The molecule has 0 saturated carbocycles. The number of carbonyl (C=O) groups excluding carboxylic acids is 1. The summed E-state index contributed by atoms with van der Waals surface area (Å²) in [6, 6.07) is 5.96. The number of halogens is 1. The second-order valence-corrected chi connectivity index (χ2v) is 6.87. The maximum Gasteiger partial charge on any atom is 0.244 e. The van der Waals surface area contributed by atoms with Crippen molar-refractivity contribution in [1.29, 1.82) is 0 Å². The zero-order valence-corrected chi connectivity index (χ0v) is 15.6. The van der Waals surface area contributed by atoms with Crippen LogP contribution in [0.5, 0.6) is 0 Å². The second kappa shape index (κ2) is 8.45. The number of imidazole rings is 1. The zero-order chi connectivity index (χ0) is 18.5. The van der Waals surface area contributed by atoms with E-state index in [0.29, 0.717) is 6.54 Å². The Morgan fingerprint density at radius 2 is 1.92 bits per heavy atom. The molecule has 0 spiro atoms. The predicted octanol–water partition coefficient (Wildman–Crippen LogP) is 3.23. The van der Waals surface area contributed by atoms with Crippen LogP contribution in [0.15, 0.2) is 36.7 Å². The molecule has 1 aliphatic heterocycles. The third kappa shape index (κ3) is 4.12. The Bertz CT molecular complexity index is 722. The van der Waals surface area contributed by atoms with Gasteiger partial charge in [-0.15, -0.1) is 0 Å². The highest BCUT2D eigenvalue weighted by atomic mass is 19.1. The maximum absolute atomic E-state index is 13.4. The van der Waals surface area contributed by atoms with Gasteiger partial charge in [0.05, 0.1) is 6.54 Å². The molecular weight excluding hydrogens is 331 g/mol. The van der Waals surface area contributed by atoms with Gasteiger partial charge in [0.1, 0.15) is 17.7 Å². The third-order valence-corrected chi connectivity index (χ3v) is 5.07. The molecule has 0 unspecified atom stereocenters. The van der Waals surface area contributed by atoms with E-state index in [0.717, 1.165) is 43.9 Å². The molecule has 1 saturated heterocycles. The number of aromatic nitrogens is 2. The molecular formula is C20H27FN4O. The van der Waals surface area contributed by atoms with E-state index in [9.17, 15) is 9.18 Å². The molecule has 3 rings (SSSR count). The minimum atomic E-state index is -0.370. The van der Waals surface area contributed by atoms with Crippen LogP contribution in [0.1, 0.15) is 43.6 Å². The van der Waals surface area contributed by atoms with Crippen LogP contribution in [0.3, 0.4) is 0 Å². The van der Waals surface area contributed by atoms with Crippen molar-refractivity contribution in [1.82, 2.24) is 19.4 Å². The molecule has 1 amide bonds. The number of piperidine rings is 1. The average molecular weight is 358 g/mol. The highest BCUT2D eigenvalue weighted by molar-refractivity contribution is 5.83. The maximum atomic E-state index is 13.4. The molecule has 140 valence electrons. The second-order valence-electron chi connectivity index (χ2n) is 6.87. The summed E-state index contributed by atoms with van der Waals surface area (Å²) in [7, 11) is 1.82. The Morgan fingerprint density at radius 1 is 1.23 bits per heavy atom. The largest absolute Gasteiger partial charge is 0.337 e. The Kier molecular flexibility index (Phi) is 6.04. The van der Waals surface area contributed by atoms with Gasteiger partial charge in [0.25, 0.3) is 0 Å². The number of amides is 1. The molecule has 2 aromatic rings. The van der Waals surface area contributed by atoms with Crippen molar-refractivity contribution in [2.45, 2.75) is 45.3 Å². The molecule has 0 aliphatic carbocycles. The Labute approximate surface area is 154 Å². The lowest BCUT2D eigenvalue weighted by Gasteiger charge is -2.36. The average Bonchev–Trinajstić information content (AvgIpc) is 3.11.